The van der Waals surface area contributed by atoms with E-state index in [-0.39, 0.29) is 17.2 Å². The first kappa shape index (κ1) is 22.9. The van der Waals surface area contributed by atoms with E-state index < -0.39 is 15.7 Å². The van der Waals surface area contributed by atoms with Gasteiger partial charge in [0, 0.05) is 25.0 Å². The molecule has 2 atom stereocenters. The summed E-state index contributed by atoms with van der Waals surface area (Å²) in [7, 11) is -1.42. The molecule has 2 aliphatic rings. The van der Waals surface area contributed by atoms with E-state index in [2.05, 4.69) is 37.0 Å². The Kier molecular flexibility index (Phi) is 5.61. The van der Waals surface area contributed by atoms with Gasteiger partial charge in [-0.1, -0.05) is 6.07 Å². The average molecular weight is 535 g/mol. The van der Waals surface area contributed by atoms with Crippen LogP contribution in [0.5, 0.6) is 0 Å². The number of nitrogens with zero attached hydrogens (tertiary/aromatic N) is 5. The van der Waals surface area contributed by atoms with Crippen LogP contribution in [0.2, 0.25) is 0 Å². The third-order valence-corrected chi connectivity index (χ3v) is 9.72. The maximum Gasteiger partial charge on any atom is 0.172 e. The lowest BCUT2D eigenvalue weighted by atomic mass is 9.67. The number of piperidine rings is 1. The minimum atomic E-state index is -1.42. The average Bonchev–Trinajstić information content (AvgIpc) is 3.30. The van der Waals surface area contributed by atoms with Crippen LogP contribution in [0.4, 0.5) is 10.2 Å². The van der Waals surface area contributed by atoms with E-state index in [1.54, 1.807) is 4.52 Å². The fourth-order valence-electron chi connectivity index (χ4n) is 5.60. The third-order valence-electron chi connectivity index (χ3n) is 7.55. The molecule has 4 heterocycles. The van der Waals surface area contributed by atoms with Crippen LogP contribution in [0.25, 0.3) is 5.52 Å². The normalized spacial score (nSPS) is 21.0. The molecule has 0 radical (unpaired) electrons. The molecular formula is C23H28BrFN6OS. The summed E-state index contributed by atoms with van der Waals surface area (Å²) in [4.78, 5) is 11.6. The van der Waals surface area contributed by atoms with Gasteiger partial charge in [-0.05, 0) is 85.3 Å². The Morgan fingerprint density at radius 3 is 2.79 bits per heavy atom. The molecule has 3 aromatic rings. The van der Waals surface area contributed by atoms with Crippen molar-refractivity contribution in [3.05, 3.63) is 51.9 Å². The van der Waals surface area contributed by atoms with Crippen LogP contribution >= 0.6 is 15.9 Å². The van der Waals surface area contributed by atoms with Crippen LogP contribution < -0.4 is 10.0 Å². The molecule has 0 amide bonds. The van der Waals surface area contributed by atoms with Crippen molar-refractivity contribution in [2.24, 2.45) is 10.6 Å². The fraction of sp³-hybridized carbons (Fsp3) is 0.522. The van der Waals surface area contributed by atoms with Crippen LogP contribution in [0.3, 0.4) is 0 Å². The summed E-state index contributed by atoms with van der Waals surface area (Å²) in [5.74, 6) is 0.493. The molecule has 3 aromatic heterocycles. The summed E-state index contributed by atoms with van der Waals surface area (Å²) in [5.41, 5.74) is 3.57. The van der Waals surface area contributed by atoms with Gasteiger partial charge in [0.15, 0.2) is 11.6 Å². The quantitative estimate of drug-likeness (QED) is 0.545. The fourth-order valence-corrected chi connectivity index (χ4v) is 6.29. The van der Waals surface area contributed by atoms with Gasteiger partial charge in [0.25, 0.3) is 0 Å². The molecule has 176 valence electrons. The van der Waals surface area contributed by atoms with Crippen molar-refractivity contribution in [3.8, 4) is 0 Å². The van der Waals surface area contributed by atoms with E-state index in [4.69, 9.17) is 10.1 Å². The zero-order valence-corrected chi connectivity index (χ0v) is 21.4. The number of fused-ring (bicyclic) bond motifs is 2. The highest BCUT2D eigenvalue weighted by Gasteiger charge is 2.50. The second-order valence-corrected chi connectivity index (χ2v) is 12.4. The van der Waals surface area contributed by atoms with Crippen LogP contribution in [0.15, 0.2) is 29.1 Å². The first-order valence-electron chi connectivity index (χ1n) is 11.2. The standard InChI is InChI=1S/C23H28BrFN6OS/c1-14-20(24)31-19(17(25)13-28-31)21(29-14)30-9-6-23(7-10-30)12-18-15(5-4-8-27-18)16(23)11-22(2,3)33(26)32/h4-5,8,13,16H,6-7,9-12,26H2,1-3H3/t16-,33?/m1/s1. The van der Waals surface area contributed by atoms with Crippen molar-refractivity contribution in [1.82, 2.24) is 19.6 Å². The van der Waals surface area contributed by atoms with E-state index in [0.29, 0.717) is 15.9 Å². The number of rotatable bonds is 4. The Morgan fingerprint density at radius 2 is 2.09 bits per heavy atom. The van der Waals surface area contributed by atoms with Crippen molar-refractivity contribution in [3.63, 3.8) is 0 Å². The number of halogens is 2. The van der Waals surface area contributed by atoms with Gasteiger partial charge in [0.05, 0.1) is 27.6 Å². The minimum absolute atomic E-state index is 0.0172. The molecule has 1 unspecified atom stereocenters. The zero-order chi connectivity index (χ0) is 23.5. The van der Waals surface area contributed by atoms with Crippen molar-refractivity contribution < 1.29 is 8.60 Å². The van der Waals surface area contributed by atoms with E-state index in [0.717, 1.165) is 50.2 Å². The van der Waals surface area contributed by atoms with Gasteiger partial charge in [-0.2, -0.15) is 5.10 Å². The smallest absolute Gasteiger partial charge is 0.172 e. The number of hydrogen-bond donors (Lipinski definition) is 1. The topological polar surface area (TPSA) is 89.4 Å². The molecule has 10 heteroatoms. The lowest BCUT2D eigenvalue weighted by Crippen LogP contribution is -2.45. The minimum Gasteiger partial charge on any atom is -0.355 e. The van der Waals surface area contributed by atoms with Crippen molar-refractivity contribution in [1.29, 1.82) is 0 Å². The van der Waals surface area contributed by atoms with Crippen molar-refractivity contribution in [2.45, 2.75) is 57.1 Å². The zero-order valence-electron chi connectivity index (χ0n) is 19.0. The molecule has 7 nitrogen and oxygen atoms in total. The maximum atomic E-state index is 14.7. The second kappa shape index (κ2) is 8.09. The third kappa shape index (κ3) is 3.70. The second-order valence-electron chi connectivity index (χ2n) is 9.94. The molecule has 2 N–H and O–H groups in total. The van der Waals surface area contributed by atoms with Gasteiger partial charge in [-0.15, -0.1) is 0 Å². The van der Waals surface area contributed by atoms with Crippen molar-refractivity contribution in [2.75, 3.05) is 18.0 Å². The highest BCUT2D eigenvalue weighted by molar-refractivity contribution is 9.10. The van der Waals surface area contributed by atoms with Crippen LogP contribution in [-0.4, -0.2) is 41.6 Å². The first-order chi connectivity index (χ1) is 15.6. The molecule has 0 aromatic carbocycles. The predicted molar refractivity (Wildman–Crippen MR) is 131 cm³/mol. The predicted octanol–water partition coefficient (Wildman–Crippen LogP) is 4.05. The molecule has 1 saturated heterocycles. The largest absolute Gasteiger partial charge is 0.355 e. The molecule has 0 saturated carbocycles. The summed E-state index contributed by atoms with van der Waals surface area (Å²) in [6.07, 6.45) is 6.56. The Morgan fingerprint density at radius 1 is 1.36 bits per heavy atom. The Labute approximate surface area is 203 Å². The number of pyridine rings is 1. The number of aryl methyl sites for hydroxylation is 1. The molecule has 1 aliphatic carbocycles. The van der Waals surface area contributed by atoms with Crippen LogP contribution in [0.1, 0.15) is 56.0 Å². The number of nitrogens with two attached hydrogens (primary N) is 1. The summed E-state index contributed by atoms with van der Waals surface area (Å²) >= 11 is 3.48. The Hall–Kier alpha value is -1.91. The van der Waals surface area contributed by atoms with Crippen LogP contribution in [0, 0.1) is 18.2 Å². The van der Waals surface area contributed by atoms with Gasteiger partial charge < -0.3 is 4.90 Å². The van der Waals surface area contributed by atoms with Gasteiger partial charge in [-0.25, -0.2) is 18.1 Å². The van der Waals surface area contributed by atoms with Crippen molar-refractivity contribution >= 4 is 38.3 Å². The van der Waals surface area contributed by atoms with Gasteiger partial charge in [-0.3, -0.25) is 10.1 Å². The van der Waals surface area contributed by atoms with Crippen LogP contribution in [-0.2, 0) is 17.4 Å². The van der Waals surface area contributed by atoms with E-state index in [9.17, 15) is 8.60 Å². The van der Waals surface area contributed by atoms with E-state index in [1.165, 1.54) is 11.8 Å². The molecular weight excluding hydrogens is 507 g/mol. The SMILES string of the molecule is Cc1nc(N2CCC3(CC2)Cc2ncccc2[C@H]3CC(C)(C)S(N)=O)c2c(F)cnn2c1Br. The summed E-state index contributed by atoms with van der Waals surface area (Å²) in [6.45, 7) is 7.36. The first-order valence-corrected chi connectivity index (χ1v) is 13.2. The van der Waals surface area contributed by atoms with Gasteiger partial charge in [0.1, 0.15) is 10.1 Å². The molecule has 5 rings (SSSR count). The van der Waals surface area contributed by atoms with E-state index >= 15 is 0 Å². The highest BCUT2D eigenvalue weighted by atomic mass is 79.9. The summed E-state index contributed by atoms with van der Waals surface area (Å²) in [5, 5.41) is 10.0. The molecule has 33 heavy (non-hydrogen) atoms. The number of hydrogen-bond acceptors (Lipinski definition) is 5. The maximum absolute atomic E-state index is 14.7. The summed E-state index contributed by atoms with van der Waals surface area (Å²) in [6, 6.07) is 4.15. The number of anilines is 1. The summed E-state index contributed by atoms with van der Waals surface area (Å²) < 4.78 is 28.7. The lowest BCUT2D eigenvalue weighted by Gasteiger charge is -2.45. The monoisotopic (exact) mass is 534 g/mol. The number of aromatic nitrogens is 4. The van der Waals surface area contributed by atoms with Gasteiger partial charge in [0.2, 0.25) is 0 Å². The molecule has 1 spiro atoms. The molecule has 1 aliphatic heterocycles. The molecule has 1 fully saturated rings. The highest BCUT2D eigenvalue weighted by Crippen LogP contribution is 2.56. The van der Waals surface area contributed by atoms with E-state index in [1.807, 2.05) is 33.0 Å². The molecule has 0 bridgehead atoms. The van der Waals surface area contributed by atoms with Gasteiger partial charge >= 0.3 is 0 Å². The Bertz CT molecular complexity index is 1250. The lowest BCUT2D eigenvalue weighted by molar-refractivity contribution is 0.170. The Balaban J connectivity index is 1.47.